The van der Waals surface area contributed by atoms with Crippen molar-refractivity contribution in [2.75, 3.05) is 7.05 Å². The van der Waals surface area contributed by atoms with Crippen LogP contribution in [0.1, 0.15) is 31.2 Å². The number of carbonyl (C=O) groups is 2. The molecule has 0 heterocycles. The second-order valence-electron chi connectivity index (χ2n) is 5.68. The monoisotopic (exact) mass is 293 g/mol. The van der Waals surface area contributed by atoms with Gasteiger partial charge in [-0.25, -0.2) is 4.39 Å². The number of carbonyl (C=O) groups excluding carboxylic acids is 1. The van der Waals surface area contributed by atoms with Gasteiger partial charge in [0.15, 0.2) is 0 Å². The lowest BCUT2D eigenvalue weighted by Gasteiger charge is -2.29. The van der Waals surface area contributed by atoms with E-state index in [0.717, 1.165) is 6.42 Å². The largest absolute Gasteiger partial charge is 0.481 e. The SMILES string of the molecule is CN(Cc1ccccc1F)C(=O)[C@@H]1CCC[C@@H](C(=O)O)C1. The van der Waals surface area contributed by atoms with Crippen LogP contribution in [0.15, 0.2) is 24.3 Å². The summed E-state index contributed by atoms with van der Waals surface area (Å²) in [6.07, 6.45) is 2.48. The third-order valence-corrected chi connectivity index (χ3v) is 4.11. The molecule has 1 aliphatic rings. The van der Waals surface area contributed by atoms with Crippen LogP contribution in [-0.2, 0) is 16.1 Å². The van der Waals surface area contributed by atoms with Crippen molar-refractivity contribution < 1.29 is 19.1 Å². The molecule has 0 unspecified atom stereocenters. The highest BCUT2D eigenvalue weighted by Crippen LogP contribution is 2.30. The van der Waals surface area contributed by atoms with Crippen LogP contribution in [0.4, 0.5) is 4.39 Å². The minimum Gasteiger partial charge on any atom is -0.481 e. The normalized spacial score (nSPS) is 21.8. The first-order chi connectivity index (χ1) is 9.99. The van der Waals surface area contributed by atoms with Gasteiger partial charge in [0, 0.05) is 25.1 Å². The van der Waals surface area contributed by atoms with E-state index in [1.165, 1.54) is 11.0 Å². The van der Waals surface area contributed by atoms with Gasteiger partial charge in [0.05, 0.1) is 5.92 Å². The Kier molecular flexibility index (Phi) is 4.94. The van der Waals surface area contributed by atoms with Crippen molar-refractivity contribution in [2.24, 2.45) is 11.8 Å². The fourth-order valence-corrected chi connectivity index (χ4v) is 2.91. The summed E-state index contributed by atoms with van der Waals surface area (Å²) in [7, 11) is 1.64. The van der Waals surface area contributed by atoms with Crippen molar-refractivity contribution in [3.63, 3.8) is 0 Å². The molecule has 0 spiro atoms. The lowest BCUT2D eigenvalue weighted by Crippen LogP contribution is -2.36. The van der Waals surface area contributed by atoms with Crippen LogP contribution < -0.4 is 0 Å². The van der Waals surface area contributed by atoms with Crippen LogP contribution in [0.25, 0.3) is 0 Å². The first-order valence-corrected chi connectivity index (χ1v) is 7.20. The van der Waals surface area contributed by atoms with Crippen LogP contribution in [0.5, 0.6) is 0 Å². The standard InChI is InChI=1S/C16H20FNO3/c1-18(10-13-5-2-3-8-14(13)17)15(19)11-6-4-7-12(9-11)16(20)21/h2-3,5,8,11-12H,4,6-7,9-10H2,1H3,(H,20,21)/t11-,12-/m1/s1. The number of hydrogen-bond donors (Lipinski definition) is 1. The number of aliphatic carboxylic acids is 1. The molecular weight excluding hydrogens is 273 g/mol. The first-order valence-electron chi connectivity index (χ1n) is 7.20. The number of carboxylic acids is 1. The van der Waals surface area contributed by atoms with E-state index in [0.29, 0.717) is 24.8 Å². The van der Waals surface area contributed by atoms with Gasteiger partial charge in [0.2, 0.25) is 5.91 Å². The van der Waals surface area contributed by atoms with Gasteiger partial charge < -0.3 is 10.0 Å². The molecule has 1 aliphatic carbocycles. The molecule has 114 valence electrons. The molecule has 1 aromatic rings. The molecule has 2 rings (SSSR count). The van der Waals surface area contributed by atoms with E-state index < -0.39 is 11.9 Å². The van der Waals surface area contributed by atoms with Crippen molar-refractivity contribution in [1.29, 1.82) is 0 Å². The van der Waals surface area contributed by atoms with Gasteiger partial charge in [-0.3, -0.25) is 9.59 Å². The number of amides is 1. The quantitative estimate of drug-likeness (QED) is 0.928. The number of halogens is 1. The van der Waals surface area contributed by atoms with Crippen LogP contribution >= 0.6 is 0 Å². The molecule has 5 heteroatoms. The van der Waals surface area contributed by atoms with E-state index in [4.69, 9.17) is 5.11 Å². The average molecular weight is 293 g/mol. The predicted octanol–water partition coefficient (Wildman–Crippen LogP) is 2.68. The van der Waals surface area contributed by atoms with Crippen LogP contribution in [-0.4, -0.2) is 28.9 Å². The highest BCUT2D eigenvalue weighted by atomic mass is 19.1. The fraction of sp³-hybridized carbons (Fsp3) is 0.500. The van der Waals surface area contributed by atoms with E-state index in [1.807, 2.05) is 0 Å². The lowest BCUT2D eigenvalue weighted by molar-refractivity contribution is -0.145. The Balaban J connectivity index is 1.99. The van der Waals surface area contributed by atoms with E-state index in [1.54, 1.807) is 25.2 Å². The third-order valence-electron chi connectivity index (χ3n) is 4.11. The number of rotatable bonds is 4. The van der Waals surface area contributed by atoms with Crippen molar-refractivity contribution in [3.05, 3.63) is 35.6 Å². The van der Waals surface area contributed by atoms with Crippen molar-refractivity contribution in [2.45, 2.75) is 32.2 Å². The number of benzene rings is 1. The molecule has 1 saturated carbocycles. The molecule has 0 aliphatic heterocycles. The Morgan fingerprint density at radius 2 is 1.95 bits per heavy atom. The minimum absolute atomic E-state index is 0.0933. The van der Waals surface area contributed by atoms with E-state index in [2.05, 4.69) is 0 Å². The van der Waals surface area contributed by atoms with E-state index in [-0.39, 0.29) is 24.2 Å². The number of nitrogens with zero attached hydrogens (tertiary/aromatic N) is 1. The fourth-order valence-electron chi connectivity index (χ4n) is 2.91. The zero-order valence-corrected chi connectivity index (χ0v) is 12.1. The molecule has 0 radical (unpaired) electrons. The third kappa shape index (κ3) is 3.80. The molecule has 0 bridgehead atoms. The molecule has 2 atom stereocenters. The molecule has 21 heavy (non-hydrogen) atoms. The van der Waals surface area contributed by atoms with Gasteiger partial charge in [0.1, 0.15) is 5.82 Å². The number of hydrogen-bond acceptors (Lipinski definition) is 2. The van der Waals surface area contributed by atoms with Crippen LogP contribution in [0.2, 0.25) is 0 Å². The summed E-state index contributed by atoms with van der Waals surface area (Å²) in [4.78, 5) is 24.9. The zero-order chi connectivity index (χ0) is 15.4. The van der Waals surface area contributed by atoms with Gasteiger partial charge in [-0.1, -0.05) is 24.6 Å². The van der Waals surface area contributed by atoms with Crippen molar-refractivity contribution >= 4 is 11.9 Å². The topological polar surface area (TPSA) is 57.6 Å². The van der Waals surface area contributed by atoms with Crippen LogP contribution in [0, 0.1) is 17.7 Å². The Hall–Kier alpha value is -1.91. The average Bonchev–Trinajstić information content (AvgIpc) is 2.49. The molecule has 4 nitrogen and oxygen atoms in total. The lowest BCUT2D eigenvalue weighted by atomic mass is 9.81. The maximum atomic E-state index is 13.6. The van der Waals surface area contributed by atoms with Gasteiger partial charge in [0.25, 0.3) is 0 Å². The zero-order valence-electron chi connectivity index (χ0n) is 12.1. The molecule has 1 aromatic carbocycles. The summed E-state index contributed by atoms with van der Waals surface area (Å²) in [6, 6.07) is 6.37. The predicted molar refractivity (Wildman–Crippen MR) is 76.0 cm³/mol. The highest BCUT2D eigenvalue weighted by molar-refractivity contribution is 5.80. The summed E-state index contributed by atoms with van der Waals surface area (Å²) in [5, 5.41) is 9.07. The smallest absolute Gasteiger partial charge is 0.306 e. The molecular formula is C16H20FNO3. The molecule has 1 amide bonds. The maximum Gasteiger partial charge on any atom is 0.306 e. The van der Waals surface area contributed by atoms with Gasteiger partial charge in [-0.05, 0) is 25.3 Å². The van der Waals surface area contributed by atoms with Gasteiger partial charge >= 0.3 is 5.97 Å². The Bertz CT molecular complexity index is 532. The second kappa shape index (κ2) is 6.70. The van der Waals surface area contributed by atoms with E-state index in [9.17, 15) is 14.0 Å². The highest BCUT2D eigenvalue weighted by Gasteiger charge is 2.32. The maximum absolute atomic E-state index is 13.6. The molecule has 0 aromatic heterocycles. The van der Waals surface area contributed by atoms with Gasteiger partial charge in [-0.2, -0.15) is 0 Å². The van der Waals surface area contributed by atoms with Crippen LogP contribution in [0.3, 0.4) is 0 Å². The van der Waals surface area contributed by atoms with E-state index >= 15 is 0 Å². The molecule has 1 fully saturated rings. The summed E-state index contributed by atoms with van der Waals surface area (Å²) < 4.78 is 13.6. The summed E-state index contributed by atoms with van der Waals surface area (Å²) in [6.45, 7) is 0.208. The Morgan fingerprint density at radius 3 is 2.62 bits per heavy atom. The van der Waals surface area contributed by atoms with Gasteiger partial charge in [-0.15, -0.1) is 0 Å². The minimum atomic E-state index is -0.829. The second-order valence-corrected chi connectivity index (χ2v) is 5.68. The molecule has 0 saturated heterocycles. The number of carboxylic acid groups (broad SMARTS) is 1. The van der Waals surface area contributed by atoms with Crippen molar-refractivity contribution in [3.8, 4) is 0 Å². The molecule has 1 N–H and O–H groups in total. The Morgan fingerprint density at radius 1 is 1.29 bits per heavy atom. The summed E-state index contributed by atoms with van der Waals surface area (Å²) >= 11 is 0. The summed E-state index contributed by atoms with van der Waals surface area (Å²) in [5.41, 5.74) is 0.471. The Labute approximate surface area is 123 Å². The summed E-state index contributed by atoms with van der Waals surface area (Å²) in [5.74, 6) is -1.95. The van der Waals surface area contributed by atoms with Crippen molar-refractivity contribution in [1.82, 2.24) is 4.90 Å². The first kappa shape index (κ1) is 15.5.